The molecule has 1 fully saturated rings. The molecule has 1 aliphatic rings. The van der Waals surface area contributed by atoms with Gasteiger partial charge in [0.05, 0.1) is 6.10 Å². The van der Waals surface area contributed by atoms with Crippen LogP contribution in [-0.4, -0.2) is 18.8 Å². The van der Waals surface area contributed by atoms with Crippen molar-refractivity contribution in [2.24, 2.45) is 5.84 Å². The molecule has 0 aliphatic carbocycles. The fourth-order valence-electron chi connectivity index (χ4n) is 2.22. The van der Waals surface area contributed by atoms with Crippen LogP contribution in [0.25, 0.3) is 0 Å². The summed E-state index contributed by atoms with van der Waals surface area (Å²) < 4.78 is 5.72. The molecule has 0 aromatic heterocycles. The van der Waals surface area contributed by atoms with Crippen LogP contribution in [0.4, 0.5) is 0 Å². The van der Waals surface area contributed by atoms with Gasteiger partial charge in [0, 0.05) is 12.6 Å². The summed E-state index contributed by atoms with van der Waals surface area (Å²) in [7, 11) is 0. The molecule has 0 radical (unpaired) electrons. The van der Waals surface area contributed by atoms with E-state index in [1.54, 1.807) is 0 Å². The Morgan fingerprint density at radius 2 is 2.27 bits per heavy atom. The lowest BCUT2D eigenvalue weighted by atomic mass is 9.98. The van der Waals surface area contributed by atoms with E-state index in [0.29, 0.717) is 12.1 Å². The Labute approximate surface area is 93.7 Å². The van der Waals surface area contributed by atoms with Gasteiger partial charge in [0.15, 0.2) is 0 Å². The third kappa shape index (κ3) is 5.50. The van der Waals surface area contributed by atoms with E-state index >= 15 is 0 Å². The zero-order chi connectivity index (χ0) is 10.9. The summed E-state index contributed by atoms with van der Waals surface area (Å²) >= 11 is 0. The molecule has 1 aliphatic heterocycles. The summed E-state index contributed by atoms with van der Waals surface area (Å²) in [5, 5.41) is 0. The van der Waals surface area contributed by atoms with Gasteiger partial charge in [-0.3, -0.25) is 11.3 Å². The number of unbranched alkanes of at least 4 members (excludes halogenated alkanes) is 2. The molecule has 0 spiro atoms. The summed E-state index contributed by atoms with van der Waals surface area (Å²) in [6, 6.07) is 0.444. The van der Waals surface area contributed by atoms with Gasteiger partial charge in [-0.1, -0.05) is 26.2 Å². The molecule has 3 heteroatoms. The summed E-state index contributed by atoms with van der Waals surface area (Å²) in [4.78, 5) is 0. The predicted molar refractivity (Wildman–Crippen MR) is 63.5 cm³/mol. The lowest BCUT2D eigenvalue weighted by Gasteiger charge is -2.26. The van der Waals surface area contributed by atoms with E-state index in [1.165, 1.54) is 44.9 Å². The van der Waals surface area contributed by atoms with E-state index in [4.69, 9.17) is 10.6 Å². The Morgan fingerprint density at radius 3 is 2.87 bits per heavy atom. The zero-order valence-corrected chi connectivity index (χ0v) is 10.0. The Balaban J connectivity index is 2.13. The minimum absolute atomic E-state index is 0.444. The topological polar surface area (TPSA) is 47.3 Å². The van der Waals surface area contributed by atoms with Crippen LogP contribution in [0.3, 0.4) is 0 Å². The van der Waals surface area contributed by atoms with E-state index < -0.39 is 0 Å². The van der Waals surface area contributed by atoms with Crippen LogP contribution in [0.15, 0.2) is 0 Å². The molecule has 90 valence electrons. The van der Waals surface area contributed by atoms with Crippen molar-refractivity contribution < 1.29 is 4.74 Å². The zero-order valence-electron chi connectivity index (χ0n) is 10.0. The third-order valence-corrected chi connectivity index (χ3v) is 3.21. The first-order chi connectivity index (χ1) is 7.36. The number of rotatable bonds is 7. The van der Waals surface area contributed by atoms with E-state index in [-0.39, 0.29) is 0 Å². The van der Waals surface area contributed by atoms with Crippen molar-refractivity contribution in [3.05, 3.63) is 0 Å². The summed E-state index contributed by atoms with van der Waals surface area (Å²) in [6.07, 6.45) is 10.3. The number of hydrazine groups is 1. The maximum absolute atomic E-state index is 5.72. The van der Waals surface area contributed by atoms with Crippen molar-refractivity contribution in [3.63, 3.8) is 0 Å². The standard InChI is InChI=1S/C12H26N2O/c1-2-3-4-7-11(14-13)10-12-8-5-6-9-15-12/h11-12,14H,2-10,13H2,1H3. The first kappa shape index (κ1) is 12.9. The van der Waals surface area contributed by atoms with Crippen molar-refractivity contribution in [3.8, 4) is 0 Å². The van der Waals surface area contributed by atoms with Crippen molar-refractivity contribution >= 4 is 0 Å². The van der Waals surface area contributed by atoms with Gasteiger partial charge in [-0.05, 0) is 32.1 Å². The first-order valence-corrected chi connectivity index (χ1v) is 6.44. The van der Waals surface area contributed by atoms with Crippen molar-refractivity contribution in [1.82, 2.24) is 5.43 Å². The van der Waals surface area contributed by atoms with Gasteiger partial charge in [-0.15, -0.1) is 0 Å². The van der Waals surface area contributed by atoms with Crippen LogP contribution < -0.4 is 11.3 Å². The number of hydrogen-bond donors (Lipinski definition) is 2. The lowest BCUT2D eigenvalue weighted by molar-refractivity contribution is 0.00456. The molecule has 15 heavy (non-hydrogen) atoms. The number of nitrogens with one attached hydrogen (secondary N) is 1. The molecule has 1 saturated heterocycles. The molecule has 0 amide bonds. The number of hydrogen-bond acceptors (Lipinski definition) is 3. The lowest BCUT2D eigenvalue weighted by Crippen LogP contribution is -2.39. The molecule has 0 bridgehead atoms. The third-order valence-electron chi connectivity index (χ3n) is 3.21. The van der Waals surface area contributed by atoms with Crippen LogP contribution >= 0.6 is 0 Å². The van der Waals surface area contributed by atoms with Gasteiger partial charge < -0.3 is 4.74 Å². The van der Waals surface area contributed by atoms with Gasteiger partial charge in [0.1, 0.15) is 0 Å². The second-order valence-corrected chi connectivity index (χ2v) is 4.58. The van der Waals surface area contributed by atoms with E-state index in [9.17, 15) is 0 Å². The van der Waals surface area contributed by atoms with Crippen LogP contribution in [0.1, 0.15) is 58.3 Å². The van der Waals surface area contributed by atoms with Gasteiger partial charge in [0.25, 0.3) is 0 Å². The number of ether oxygens (including phenoxy) is 1. The quantitative estimate of drug-likeness (QED) is 0.388. The molecule has 2 atom stereocenters. The minimum atomic E-state index is 0.444. The van der Waals surface area contributed by atoms with E-state index in [1.807, 2.05) is 0 Å². The monoisotopic (exact) mass is 214 g/mol. The molecular formula is C12H26N2O. The second-order valence-electron chi connectivity index (χ2n) is 4.58. The van der Waals surface area contributed by atoms with Crippen LogP contribution in [-0.2, 0) is 4.74 Å². The molecule has 1 rings (SSSR count). The second kappa shape index (κ2) is 8.08. The Morgan fingerprint density at radius 1 is 1.40 bits per heavy atom. The smallest absolute Gasteiger partial charge is 0.0590 e. The molecule has 0 aromatic carbocycles. The van der Waals surface area contributed by atoms with Gasteiger partial charge >= 0.3 is 0 Å². The fourth-order valence-corrected chi connectivity index (χ4v) is 2.22. The average Bonchev–Trinajstić information content (AvgIpc) is 2.29. The van der Waals surface area contributed by atoms with Crippen LogP contribution in [0.2, 0.25) is 0 Å². The van der Waals surface area contributed by atoms with E-state index in [0.717, 1.165) is 13.0 Å². The van der Waals surface area contributed by atoms with Crippen LogP contribution in [0, 0.1) is 0 Å². The van der Waals surface area contributed by atoms with Crippen molar-refractivity contribution in [2.45, 2.75) is 70.4 Å². The molecule has 1 heterocycles. The summed E-state index contributed by atoms with van der Waals surface area (Å²) in [5.41, 5.74) is 2.93. The first-order valence-electron chi connectivity index (χ1n) is 6.44. The molecule has 0 saturated carbocycles. The van der Waals surface area contributed by atoms with Gasteiger partial charge in [-0.2, -0.15) is 0 Å². The summed E-state index contributed by atoms with van der Waals surface area (Å²) in [5.74, 6) is 5.57. The van der Waals surface area contributed by atoms with Crippen LogP contribution in [0.5, 0.6) is 0 Å². The highest BCUT2D eigenvalue weighted by molar-refractivity contribution is 4.72. The highest BCUT2D eigenvalue weighted by atomic mass is 16.5. The van der Waals surface area contributed by atoms with Gasteiger partial charge in [0.2, 0.25) is 0 Å². The molecular weight excluding hydrogens is 188 g/mol. The summed E-state index contributed by atoms with van der Waals surface area (Å²) in [6.45, 7) is 3.17. The highest BCUT2D eigenvalue weighted by Crippen LogP contribution is 2.18. The minimum Gasteiger partial charge on any atom is -0.378 e. The normalized spacial score (nSPS) is 24.0. The molecule has 2 unspecified atom stereocenters. The SMILES string of the molecule is CCCCCC(CC1CCCCO1)NN. The molecule has 3 N–H and O–H groups in total. The highest BCUT2D eigenvalue weighted by Gasteiger charge is 2.18. The molecule has 3 nitrogen and oxygen atoms in total. The molecule has 0 aromatic rings. The average molecular weight is 214 g/mol. The Hall–Kier alpha value is -0.120. The predicted octanol–water partition coefficient (Wildman–Crippen LogP) is 2.36. The van der Waals surface area contributed by atoms with Gasteiger partial charge in [-0.25, -0.2) is 0 Å². The van der Waals surface area contributed by atoms with E-state index in [2.05, 4.69) is 12.3 Å². The largest absolute Gasteiger partial charge is 0.378 e. The number of nitrogens with two attached hydrogens (primary N) is 1. The van der Waals surface area contributed by atoms with Crippen molar-refractivity contribution in [1.29, 1.82) is 0 Å². The fraction of sp³-hybridized carbons (Fsp3) is 1.00. The maximum atomic E-state index is 5.72. The Bertz CT molecular complexity index is 147. The Kier molecular flexibility index (Phi) is 6.98. The van der Waals surface area contributed by atoms with Crippen molar-refractivity contribution in [2.75, 3.05) is 6.61 Å². The maximum Gasteiger partial charge on any atom is 0.0590 e.